The molecule has 0 saturated heterocycles. The van der Waals surface area contributed by atoms with Crippen LogP contribution in [0.2, 0.25) is 0 Å². The van der Waals surface area contributed by atoms with Gasteiger partial charge in [-0.2, -0.15) is 5.26 Å². The van der Waals surface area contributed by atoms with Gasteiger partial charge in [0.2, 0.25) is 0 Å². The summed E-state index contributed by atoms with van der Waals surface area (Å²) in [6.45, 7) is 0.683. The van der Waals surface area contributed by atoms with Gasteiger partial charge in [-0.3, -0.25) is 0 Å². The first-order chi connectivity index (χ1) is 9.69. The molecule has 0 atom stereocenters. The van der Waals surface area contributed by atoms with Gasteiger partial charge in [-0.05, 0) is 24.0 Å². The summed E-state index contributed by atoms with van der Waals surface area (Å²) in [5.74, 6) is 0.839. The second kappa shape index (κ2) is 6.55. The summed E-state index contributed by atoms with van der Waals surface area (Å²) in [6.07, 6.45) is 1.96. The van der Waals surface area contributed by atoms with E-state index in [9.17, 15) is 0 Å². The highest BCUT2D eigenvalue weighted by molar-refractivity contribution is 7.99. The Hall–Kier alpha value is -1.84. The van der Waals surface area contributed by atoms with E-state index in [-0.39, 0.29) is 0 Å². The topological polar surface area (TPSA) is 71.1 Å². The summed E-state index contributed by atoms with van der Waals surface area (Å²) in [4.78, 5) is 1.51. The van der Waals surface area contributed by atoms with Crippen molar-refractivity contribution in [1.29, 1.82) is 5.26 Å². The van der Waals surface area contributed by atoms with E-state index >= 15 is 0 Å². The number of anilines is 2. The van der Waals surface area contributed by atoms with Crippen molar-refractivity contribution in [3.63, 3.8) is 0 Å². The molecule has 20 heavy (non-hydrogen) atoms. The summed E-state index contributed by atoms with van der Waals surface area (Å²) in [5.41, 5.74) is 7.66. The van der Waals surface area contributed by atoms with Crippen LogP contribution in [-0.4, -0.2) is 13.4 Å². The minimum absolute atomic E-state index is 0.562. The first kappa shape index (κ1) is 14.6. The summed E-state index contributed by atoms with van der Waals surface area (Å²) >= 11 is 2.95. The van der Waals surface area contributed by atoms with Gasteiger partial charge < -0.3 is 15.8 Å². The van der Waals surface area contributed by atoms with Crippen LogP contribution in [0.3, 0.4) is 0 Å². The third kappa shape index (κ3) is 3.00. The molecule has 1 heterocycles. The molecule has 0 unspecified atom stereocenters. The molecular formula is C14H15N3OS2. The molecule has 2 aromatic rings. The number of thiophene rings is 1. The number of ether oxygens (including phenoxy) is 1. The number of rotatable bonds is 5. The third-order valence-electron chi connectivity index (χ3n) is 2.82. The van der Waals surface area contributed by atoms with Crippen molar-refractivity contribution in [2.75, 3.05) is 24.4 Å². The lowest BCUT2D eigenvalue weighted by molar-refractivity contribution is 0.414. The third-order valence-corrected chi connectivity index (χ3v) is 4.85. The van der Waals surface area contributed by atoms with E-state index in [0.717, 1.165) is 21.2 Å². The summed E-state index contributed by atoms with van der Waals surface area (Å²) in [6, 6.07) is 9.99. The minimum atomic E-state index is 0.562. The molecule has 1 aromatic heterocycles. The number of methoxy groups -OCH3 is 1. The maximum absolute atomic E-state index is 9.02. The maximum Gasteiger partial charge on any atom is 0.131 e. The molecule has 0 spiro atoms. The molecule has 1 aromatic carbocycles. The lowest BCUT2D eigenvalue weighted by Gasteiger charge is -2.07. The van der Waals surface area contributed by atoms with Crippen LogP contribution in [0.4, 0.5) is 10.7 Å². The molecule has 3 N–H and O–H groups in total. The zero-order valence-electron chi connectivity index (χ0n) is 11.3. The molecule has 0 aliphatic rings. The van der Waals surface area contributed by atoms with Crippen LogP contribution in [0.5, 0.6) is 5.75 Å². The van der Waals surface area contributed by atoms with Crippen molar-refractivity contribution in [2.24, 2.45) is 0 Å². The SMILES string of the molecule is COc1ccc(CNc2sc(C#N)c(N)c2SC)cc1. The largest absolute Gasteiger partial charge is 0.497 e. The van der Waals surface area contributed by atoms with E-state index in [2.05, 4.69) is 11.4 Å². The second-order valence-corrected chi connectivity index (χ2v) is 5.86. The van der Waals surface area contributed by atoms with Crippen molar-refractivity contribution in [3.8, 4) is 11.8 Å². The van der Waals surface area contributed by atoms with Crippen LogP contribution < -0.4 is 15.8 Å². The fourth-order valence-electron chi connectivity index (χ4n) is 1.76. The van der Waals surface area contributed by atoms with Gasteiger partial charge in [0.25, 0.3) is 0 Å². The zero-order chi connectivity index (χ0) is 14.5. The lowest BCUT2D eigenvalue weighted by Crippen LogP contribution is -1.99. The van der Waals surface area contributed by atoms with Gasteiger partial charge >= 0.3 is 0 Å². The van der Waals surface area contributed by atoms with E-state index in [1.807, 2.05) is 30.5 Å². The summed E-state index contributed by atoms with van der Waals surface area (Å²) in [5, 5.41) is 13.3. The van der Waals surface area contributed by atoms with Crippen molar-refractivity contribution in [2.45, 2.75) is 11.4 Å². The van der Waals surface area contributed by atoms with Crippen LogP contribution in [0, 0.1) is 11.3 Å². The Morgan fingerprint density at radius 1 is 1.40 bits per heavy atom. The van der Waals surface area contributed by atoms with Gasteiger partial charge in [-0.15, -0.1) is 23.1 Å². The summed E-state index contributed by atoms with van der Waals surface area (Å²) in [7, 11) is 1.65. The van der Waals surface area contributed by atoms with Crippen molar-refractivity contribution in [3.05, 3.63) is 34.7 Å². The molecule has 0 amide bonds. The first-order valence-electron chi connectivity index (χ1n) is 5.92. The van der Waals surface area contributed by atoms with Gasteiger partial charge in [0.15, 0.2) is 0 Å². The second-order valence-electron chi connectivity index (χ2n) is 4.02. The number of thioether (sulfide) groups is 1. The smallest absolute Gasteiger partial charge is 0.131 e. The number of hydrogen-bond donors (Lipinski definition) is 2. The molecule has 104 valence electrons. The zero-order valence-corrected chi connectivity index (χ0v) is 12.9. The van der Waals surface area contributed by atoms with Crippen LogP contribution >= 0.6 is 23.1 Å². The maximum atomic E-state index is 9.02. The van der Waals surface area contributed by atoms with Gasteiger partial charge in [0.1, 0.15) is 21.7 Å². The predicted octanol–water partition coefficient (Wildman–Crippen LogP) is 3.54. The van der Waals surface area contributed by atoms with E-state index in [1.165, 1.54) is 11.3 Å². The summed E-state index contributed by atoms with van der Waals surface area (Å²) < 4.78 is 5.13. The van der Waals surface area contributed by atoms with Crippen LogP contribution in [0.1, 0.15) is 10.4 Å². The van der Waals surface area contributed by atoms with Crippen LogP contribution in [-0.2, 0) is 6.54 Å². The molecule has 0 bridgehead atoms. The Balaban J connectivity index is 2.12. The van der Waals surface area contributed by atoms with E-state index < -0.39 is 0 Å². The van der Waals surface area contributed by atoms with E-state index in [1.54, 1.807) is 18.9 Å². The first-order valence-corrected chi connectivity index (χ1v) is 7.96. The number of nitrogen functional groups attached to an aromatic ring is 1. The van der Waals surface area contributed by atoms with Crippen molar-refractivity contribution < 1.29 is 4.74 Å². The molecule has 0 aliphatic carbocycles. The molecule has 6 heteroatoms. The predicted molar refractivity (Wildman–Crippen MR) is 85.5 cm³/mol. The average molecular weight is 305 g/mol. The number of benzene rings is 1. The lowest BCUT2D eigenvalue weighted by atomic mass is 10.2. The number of nitrogens with one attached hydrogen (secondary N) is 1. The molecule has 0 saturated carbocycles. The fourth-order valence-corrected chi connectivity index (χ4v) is 3.58. The monoisotopic (exact) mass is 305 g/mol. The van der Waals surface area contributed by atoms with Crippen LogP contribution in [0.25, 0.3) is 0 Å². The molecule has 4 nitrogen and oxygen atoms in total. The normalized spacial score (nSPS) is 10.1. The highest BCUT2D eigenvalue weighted by atomic mass is 32.2. The van der Waals surface area contributed by atoms with Crippen LogP contribution in [0.15, 0.2) is 29.2 Å². The minimum Gasteiger partial charge on any atom is -0.497 e. The highest BCUT2D eigenvalue weighted by Gasteiger charge is 2.14. The van der Waals surface area contributed by atoms with Gasteiger partial charge in [0.05, 0.1) is 17.7 Å². The van der Waals surface area contributed by atoms with Gasteiger partial charge in [0, 0.05) is 6.54 Å². The number of nitrogens with zero attached hydrogens (tertiary/aromatic N) is 1. The number of nitriles is 1. The Kier molecular flexibility index (Phi) is 4.77. The van der Waals surface area contributed by atoms with Crippen molar-refractivity contribution in [1.82, 2.24) is 0 Å². The fraction of sp³-hybridized carbons (Fsp3) is 0.214. The molecular weight excluding hydrogens is 290 g/mol. The Bertz CT molecular complexity index is 629. The van der Waals surface area contributed by atoms with Gasteiger partial charge in [-0.1, -0.05) is 12.1 Å². The van der Waals surface area contributed by atoms with E-state index in [0.29, 0.717) is 17.1 Å². The number of hydrogen-bond acceptors (Lipinski definition) is 6. The number of nitrogens with two attached hydrogens (primary N) is 1. The Morgan fingerprint density at radius 3 is 2.65 bits per heavy atom. The molecule has 0 radical (unpaired) electrons. The van der Waals surface area contributed by atoms with Crippen molar-refractivity contribution >= 4 is 33.8 Å². The Labute approximate surface area is 126 Å². The van der Waals surface area contributed by atoms with Gasteiger partial charge in [-0.25, -0.2) is 0 Å². The van der Waals surface area contributed by atoms with E-state index in [4.69, 9.17) is 15.7 Å². The molecule has 2 rings (SSSR count). The highest BCUT2D eigenvalue weighted by Crippen LogP contribution is 2.41. The average Bonchev–Trinajstić information content (AvgIpc) is 2.81. The quantitative estimate of drug-likeness (QED) is 0.827. The Morgan fingerprint density at radius 2 is 2.10 bits per heavy atom. The molecule has 0 fully saturated rings. The standard InChI is InChI=1S/C14H15N3OS2/c1-18-10-5-3-9(4-6-10)8-17-14-13(19-2)12(16)11(7-15)20-14/h3-6,17H,8,16H2,1-2H3. The molecule has 0 aliphatic heterocycles.